The Kier molecular flexibility index (Phi) is 5.63. The normalized spacial score (nSPS) is 30.2. The lowest BCUT2D eigenvalue weighted by Crippen LogP contribution is -2.32. The van der Waals surface area contributed by atoms with Crippen LogP contribution in [0.4, 0.5) is 11.4 Å². The number of hydrogen-bond acceptors (Lipinski definition) is 4. The van der Waals surface area contributed by atoms with E-state index in [0.29, 0.717) is 11.4 Å². The number of rotatable bonds is 4. The summed E-state index contributed by atoms with van der Waals surface area (Å²) in [5, 5.41) is 4.35. The fraction of sp³-hybridized carbons (Fsp3) is 0.227. The first-order valence-electron chi connectivity index (χ1n) is 17.7. The zero-order valence-corrected chi connectivity index (χ0v) is 27.1. The SMILES string of the molecule is O=C1[C@@H]2[C@H](C(=O)N1c1ccc(-c3c4ccccc4c(-c4ccc(N5C(=O)[C@H]6[C@H](C5=O)[C@H]5C=C[C@H]6C5)cc4)c4ccccc34)cc1)[C@H]1C=C[C@H]2C1. The lowest BCUT2D eigenvalue weighted by Gasteiger charge is -2.20. The molecule has 4 fully saturated rings. The highest BCUT2D eigenvalue weighted by Crippen LogP contribution is 2.55. The van der Waals surface area contributed by atoms with Crippen molar-refractivity contribution in [2.75, 3.05) is 9.80 Å². The molecule has 2 saturated carbocycles. The highest BCUT2D eigenvalue weighted by molar-refractivity contribution is 6.25. The minimum atomic E-state index is -0.227. The molecule has 0 aromatic heterocycles. The quantitative estimate of drug-likeness (QED) is 0.112. The van der Waals surface area contributed by atoms with Crippen LogP contribution in [0.1, 0.15) is 12.8 Å². The number of hydrogen-bond donors (Lipinski definition) is 0. The Bertz CT molecular complexity index is 2140. The van der Waals surface area contributed by atoms with E-state index in [0.717, 1.165) is 56.6 Å². The van der Waals surface area contributed by atoms with Gasteiger partial charge in [0.25, 0.3) is 0 Å². The van der Waals surface area contributed by atoms with Crippen LogP contribution >= 0.6 is 0 Å². The molecule has 0 unspecified atom stereocenters. The van der Waals surface area contributed by atoms with Crippen LogP contribution in [0.15, 0.2) is 121 Å². The van der Waals surface area contributed by atoms with Crippen molar-refractivity contribution in [2.24, 2.45) is 47.3 Å². The van der Waals surface area contributed by atoms with Gasteiger partial charge in [0, 0.05) is 0 Å². The molecule has 242 valence electrons. The van der Waals surface area contributed by atoms with Crippen molar-refractivity contribution in [1.82, 2.24) is 0 Å². The molecule has 4 amide bonds. The molecule has 8 atom stereocenters. The molecule has 5 aromatic carbocycles. The van der Waals surface area contributed by atoms with Gasteiger partial charge in [0.15, 0.2) is 0 Å². The summed E-state index contributed by atoms with van der Waals surface area (Å²) in [5.41, 5.74) is 5.44. The maximum absolute atomic E-state index is 13.5. The molecule has 2 heterocycles. The number of allylic oxidation sites excluding steroid dienone is 4. The summed E-state index contributed by atoms with van der Waals surface area (Å²) in [4.78, 5) is 56.8. The summed E-state index contributed by atoms with van der Waals surface area (Å²) in [5.74, 6) is -0.474. The third-order valence-corrected chi connectivity index (χ3v) is 12.7. The van der Waals surface area contributed by atoms with Gasteiger partial charge >= 0.3 is 0 Å². The molecule has 0 N–H and O–H groups in total. The molecule has 6 heteroatoms. The van der Waals surface area contributed by atoms with Crippen molar-refractivity contribution in [3.05, 3.63) is 121 Å². The summed E-state index contributed by atoms with van der Waals surface area (Å²) in [6.07, 6.45) is 10.3. The van der Waals surface area contributed by atoms with E-state index in [9.17, 15) is 19.2 Å². The summed E-state index contributed by atoms with van der Waals surface area (Å²) in [6.45, 7) is 0. The molecular weight excluding hydrogens is 620 g/mol. The van der Waals surface area contributed by atoms with E-state index >= 15 is 0 Å². The summed E-state index contributed by atoms with van der Waals surface area (Å²) >= 11 is 0. The van der Waals surface area contributed by atoms with Gasteiger partial charge in [-0.3, -0.25) is 29.0 Å². The van der Waals surface area contributed by atoms with Crippen LogP contribution in [0.5, 0.6) is 0 Å². The second-order valence-electron chi connectivity index (χ2n) is 15.0. The lowest BCUT2D eigenvalue weighted by molar-refractivity contribution is -0.124. The first-order chi connectivity index (χ1) is 24.5. The molecule has 0 radical (unpaired) electrons. The monoisotopic (exact) mass is 652 g/mol. The maximum atomic E-state index is 13.5. The molecule has 4 bridgehead atoms. The first-order valence-corrected chi connectivity index (χ1v) is 17.7. The molecule has 50 heavy (non-hydrogen) atoms. The molecule has 6 nitrogen and oxygen atoms in total. The van der Waals surface area contributed by atoms with Crippen LogP contribution in [0.3, 0.4) is 0 Å². The van der Waals surface area contributed by atoms with Crippen LogP contribution in [0, 0.1) is 47.3 Å². The predicted molar refractivity (Wildman–Crippen MR) is 193 cm³/mol. The van der Waals surface area contributed by atoms with Gasteiger partial charge in [0.2, 0.25) is 23.6 Å². The first kappa shape index (κ1) is 28.2. The molecule has 6 aliphatic rings. The van der Waals surface area contributed by atoms with E-state index in [4.69, 9.17) is 0 Å². The number of nitrogens with zero attached hydrogens (tertiary/aromatic N) is 2. The summed E-state index contributed by atoms with van der Waals surface area (Å²) in [7, 11) is 0. The van der Waals surface area contributed by atoms with E-state index in [1.54, 1.807) is 0 Å². The Hall–Kier alpha value is -5.62. The Morgan fingerprint density at radius 3 is 0.940 bits per heavy atom. The van der Waals surface area contributed by atoms with Gasteiger partial charge in [-0.05, 0) is 105 Å². The standard InChI is InChI=1S/C44H32N2O4/c47-41-37-25-9-10-26(21-25)38(37)42(48)45(41)29-17-13-23(14-18-29)35-31-5-1-2-6-32(31)36(34-8-4-3-7-33(34)35)24-15-19-30(20-16-24)46-43(49)39-27-11-12-28(22-27)40(39)44(46)50/h1-20,25-28,37-40H,21-22H2/t25-,26-,27-,28-,37-,38+,39+,40+/m0/s1. The minimum Gasteiger partial charge on any atom is -0.274 e. The van der Waals surface area contributed by atoms with Gasteiger partial charge in [-0.1, -0.05) is 97.1 Å². The number of benzene rings is 5. The summed E-state index contributed by atoms with van der Waals surface area (Å²) < 4.78 is 0. The third kappa shape index (κ3) is 3.58. The fourth-order valence-corrected chi connectivity index (χ4v) is 10.6. The highest BCUT2D eigenvalue weighted by Gasteiger charge is 2.60. The van der Waals surface area contributed by atoms with Crippen molar-refractivity contribution in [1.29, 1.82) is 0 Å². The predicted octanol–water partition coefficient (Wildman–Crippen LogP) is 7.95. The van der Waals surface area contributed by atoms with Crippen LogP contribution in [-0.2, 0) is 19.2 Å². The Morgan fingerprint density at radius 2 is 0.660 bits per heavy atom. The van der Waals surface area contributed by atoms with Gasteiger partial charge in [0.1, 0.15) is 0 Å². The second-order valence-corrected chi connectivity index (χ2v) is 15.0. The van der Waals surface area contributed by atoms with E-state index < -0.39 is 0 Å². The minimum absolute atomic E-state index is 0.0682. The lowest BCUT2D eigenvalue weighted by atomic mass is 9.85. The van der Waals surface area contributed by atoms with Crippen molar-refractivity contribution < 1.29 is 19.2 Å². The average molecular weight is 653 g/mol. The number of anilines is 2. The van der Waals surface area contributed by atoms with Crippen molar-refractivity contribution in [3.8, 4) is 22.3 Å². The van der Waals surface area contributed by atoms with E-state index in [2.05, 4.69) is 48.6 Å². The highest BCUT2D eigenvalue weighted by atomic mass is 16.2. The van der Waals surface area contributed by atoms with Gasteiger partial charge in [0.05, 0.1) is 35.0 Å². The second kappa shape index (κ2) is 9.97. The third-order valence-electron chi connectivity index (χ3n) is 12.7. The smallest absolute Gasteiger partial charge is 0.238 e. The number of fused-ring (bicyclic) bond motifs is 12. The average Bonchev–Trinajstić information content (AvgIpc) is 4.01. The maximum Gasteiger partial charge on any atom is 0.238 e. The van der Waals surface area contributed by atoms with Crippen molar-refractivity contribution in [3.63, 3.8) is 0 Å². The number of imide groups is 2. The molecule has 11 rings (SSSR count). The molecular formula is C44H32N2O4. The van der Waals surface area contributed by atoms with Crippen LogP contribution in [0.25, 0.3) is 43.8 Å². The van der Waals surface area contributed by atoms with Gasteiger partial charge in [-0.25, -0.2) is 0 Å². The van der Waals surface area contributed by atoms with Gasteiger partial charge < -0.3 is 0 Å². The molecule has 5 aromatic rings. The largest absolute Gasteiger partial charge is 0.274 e. The molecule has 2 saturated heterocycles. The zero-order valence-electron chi connectivity index (χ0n) is 27.1. The van der Waals surface area contributed by atoms with E-state index in [1.165, 1.54) is 9.80 Å². The molecule has 4 aliphatic carbocycles. The van der Waals surface area contributed by atoms with Crippen LogP contribution < -0.4 is 9.80 Å². The molecule has 0 spiro atoms. The Morgan fingerprint density at radius 1 is 0.380 bits per heavy atom. The van der Waals surface area contributed by atoms with E-state index in [-0.39, 0.29) is 71.0 Å². The van der Waals surface area contributed by atoms with Crippen LogP contribution in [-0.4, -0.2) is 23.6 Å². The van der Waals surface area contributed by atoms with Gasteiger partial charge in [-0.2, -0.15) is 0 Å². The number of carbonyl (C=O) groups is 4. The van der Waals surface area contributed by atoms with Crippen molar-refractivity contribution >= 4 is 56.5 Å². The number of carbonyl (C=O) groups excluding carboxylic acids is 4. The Labute approximate surface area is 288 Å². The van der Waals surface area contributed by atoms with Gasteiger partial charge in [-0.15, -0.1) is 0 Å². The zero-order chi connectivity index (χ0) is 33.4. The topological polar surface area (TPSA) is 74.8 Å². The summed E-state index contributed by atoms with van der Waals surface area (Å²) in [6, 6.07) is 32.5. The van der Waals surface area contributed by atoms with E-state index in [1.807, 2.05) is 72.8 Å². The Balaban J connectivity index is 0.979. The fourth-order valence-electron chi connectivity index (χ4n) is 10.6. The number of amides is 4. The molecule has 2 aliphatic heterocycles. The van der Waals surface area contributed by atoms with Crippen molar-refractivity contribution in [2.45, 2.75) is 12.8 Å². The van der Waals surface area contributed by atoms with Crippen LogP contribution in [0.2, 0.25) is 0 Å².